The Morgan fingerprint density at radius 2 is 1.07 bits per heavy atom. The maximum atomic E-state index is 9.34. The molecule has 0 aliphatic carbocycles. The molecule has 0 N–H and O–H groups in total. The van der Waals surface area contributed by atoms with Crippen LogP contribution in [0.3, 0.4) is 0 Å². The first-order chi connectivity index (χ1) is 31.6. The molecular formula is C53H31N3O2. The average molecular weight is 749 g/mol. The number of para-hydroxylation sites is 2. The molecule has 3 heterocycles. The average Bonchev–Trinajstić information content (AvgIpc) is 3.90. The number of fused-ring (bicyclic) bond motifs is 8. The first-order valence-electron chi connectivity index (χ1n) is 22.3. The van der Waals surface area contributed by atoms with E-state index in [-0.39, 0.29) is 29.1 Å². The second kappa shape index (κ2) is 12.8. The standard InChI is InChI=1S/C53H31N3O2/c1-2-13-33(14-3-1)51-54-52(56-53(55-51)45-21-10-20-42-40-18-8-9-22-46(40)58-50(42)45)43-29-28-39(37-16-6-7-17-38(37)43)41-19-11-23-47-49(41)44-27-26-36(31-48(44)57-47)35-25-24-32-12-4-5-15-34(32)30-35/h1-31H/i1D,2D,3D,13D,14D,19D,26D. The lowest BCUT2D eigenvalue weighted by Gasteiger charge is -2.14. The summed E-state index contributed by atoms with van der Waals surface area (Å²) >= 11 is 0. The van der Waals surface area contributed by atoms with Gasteiger partial charge in [0.2, 0.25) is 0 Å². The largest absolute Gasteiger partial charge is 0.456 e. The summed E-state index contributed by atoms with van der Waals surface area (Å²) in [7, 11) is 0. The second-order valence-corrected chi connectivity index (χ2v) is 14.2. The molecule has 0 amide bonds. The number of rotatable bonds is 5. The first kappa shape index (κ1) is 26.1. The SMILES string of the molecule is [2H]c1cc2c(cc1-c1ccc3ccccc3c1)oc1ccc([2H])c(-c3ccc(-c4nc(-c5c([2H])c([2H])c([2H])c([2H])c5[2H])nc(-c5cccc6c5oc5ccccc56)n4)c4ccccc34)c12. The predicted molar refractivity (Wildman–Crippen MR) is 237 cm³/mol. The van der Waals surface area contributed by atoms with Crippen molar-refractivity contribution in [1.82, 2.24) is 15.0 Å². The van der Waals surface area contributed by atoms with E-state index in [2.05, 4.69) is 24.3 Å². The monoisotopic (exact) mass is 748 g/mol. The molecule has 0 spiro atoms. The van der Waals surface area contributed by atoms with Gasteiger partial charge >= 0.3 is 0 Å². The van der Waals surface area contributed by atoms with Gasteiger partial charge in [-0.1, -0.05) is 145 Å². The third kappa shape index (κ3) is 5.14. The van der Waals surface area contributed by atoms with Crippen molar-refractivity contribution in [3.05, 3.63) is 188 Å². The Bertz CT molecular complexity index is 3980. The van der Waals surface area contributed by atoms with Crippen LogP contribution in [0.5, 0.6) is 0 Å². The van der Waals surface area contributed by atoms with Gasteiger partial charge in [-0.15, -0.1) is 0 Å². The Balaban J connectivity index is 1.07. The molecule has 58 heavy (non-hydrogen) atoms. The molecule has 0 atom stereocenters. The third-order valence-electron chi connectivity index (χ3n) is 10.9. The highest BCUT2D eigenvalue weighted by atomic mass is 16.3. The topological polar surface area (TPSA) is 65.0 Å². The highest BCUT2D eigenvalue weighted by Crippen LogP contribution is 2.43. The Morgan fingerprint density at radius 1 is 0.362 bits per heavy atom. The van der Waals surface area contributed by atoms with Crippen LogP contribution in [0, 0.1) is 0 Å². The van der Waals surface area contributed by atoms with E-state index in [0.717, 1.165) is 54.4 Å². The van der Waals surface area contributed by atoms with Crippen molar-refractivity contribution < 1.29 is 18.4 Å². The summed E-state index contributed by atoms with van der Waals surface area (Å²) in [4.78, 5) is 14.7. The highest BCUT2D eigenvalue weighted by Gasteiger charge is 2.21. The number of benzene rings is 9. The molecule has 5 heteroatoms. The molecule has 12 rings (SSSR count). The Hall–Kier alpha value is -7.89. The summed E-state index contributed by atoms with van der Waals surface area (Å²) in [5.41, 5.74) is 6.38. The van der Waals surface area contributed by atoms with E-state index in [0.29, 0.717) is 50.5 Å². The van der Waals surface area contributed by atoms with Crippen molar-refractivity contribution in [3.8, 4) is 56.4 Å². The van der Waals surface area contributed by atoms with Gasteiger partial charge in [0.15, 0.2) is 17.5 Å². The van der Waals surface area contributed by atoms with Gasteiger partial charge in [0.25, 0.3) is 0 Å². The molecule has 0 saturated heterocycles. The fourth-order valence-electron chi connectivity index (χ4n) is 8.16. The number of furan rings is 2. The molecule has 0 aliphatic heterocycles. The van der Waals surface area contributed by atoms with E-state index < -0.39 is 30.2 Å². The van der Waals surface area contributed by atoms with Crippen LogP contribution in [0.4, 0.5) is 0 Å². The molecule has 3 aromatic heterocycles. The molecule has 0 saturated carbocycles. The molecule has 12 aromatic rings. The maximum Gasteiger partial charge on any atom is 0.167 e. The first-order valence-corrected chi connectivity index (χ1v) is 18.8. The minimum Gasteiger partial charge on any atom is -0.456 e. The molecular weight excluding hydrogens is 711 g/mol. The molecule has 9 aromatic carbocycles. The number of nitrogens with zero attached hydrogens (tertiary/aromatic N) is 3. The zero-order valence-corrected chi connectivity index (χ0v) is 30.5. The van der Waals surface area contributed by atoms with E-state index in [4.69, 9.17) is 30.6 Å². The molecule has 0 aliphatic rings. The van der Waals surface area contributed by atoms with Crippen molar-refractivity contribution >= 4 is 65.4 Å². The minimum atomic E-state index is -0.523. The van der Waals surface area contributed by atoms with Crippen LogP contribution < -0.4 is 0 Å². The Kier molecular flexibility index (Phi) is 5.76. The Morgan fingerprint density at radius 3 is 1.95 bits per heavy atom. The van der Waals surface area contributed by atoms with Gasteiger partial charge < -0.3 is 8.83 Å². The van der Waals surface area contributed by atoms with Crippen LogP contribution in [-0.4, -0.2) is 15.0 Å². The van der Waals surface area contributed by atoms with Gasteiger partial charge in [0.05, 0.1) is 15.2 Å². The molecule has 0 fully saturated rings. The predicted octanol–water partition coefficient (Wildman–Crippen LogP) is 14.3. The van der Waals surface area contributed by atoms with Gasteiger partial charge in [-0.05, 0) is 86.3 Å². The summed E-state index contributed by atoms with van der Waals surface area (Å²) < 4.78 is 74.4. The van der Waals surface area contributed by atoms with Crippen LogP contribution >= 0.6 is 0 Å². The quantitative estimate of drug-likeness (QED) is 0.175. The molecule has 0 radical (unpaired) electrons. The third-order valence-corrected chi connectivity index (χ3v) is 10.9. The van der Waals surface area contributed by atoms with Crippen molar-refractivity contribution in [1.29, 1.82) is 0 Å². The lowest BCUT2D eigenvalue weighted by molar-refractivity contribution is 0.669. The fourth-order valence-corrected chi connectivity index (χ4v) is 8.16. The smallest absolute Gasteiger partial charge is 0.167 e. The Labute approximate surface area is 342 Å². The summed E-state index contributed by atoms with van der Waals surface area (Å²) in [5, 5.41) is 6.89. The molecule has 270 valence electrons. The highest BCUT2D eigenvalue weighted by molar-refractivity contribution is 6.17. The van der Waals surface area contributed by atoms with Crippen molar-refractivity contribution in [2.45, 2.75) is 0 Å². The summed E-state index contributed by atoms with van der Waals surface area (Å²) in [5.74, 6) is 0.290. The summed E-state index contributed by atoms with van der Waals surface area (Å²) in [6, 6.07) is 44.6. The number of aromatic nitrogens is 3. The fraction of sp³-hybridized carbons (Fsp3) is 0. The lowest BCUT2D eigenvalue weighted by atomic mass is 9.92. The van der Waals surface area contributed by atoms with Gasteiger partial charge in [-0.25, -0.2) is 15.0 Å². The second-order valence-electron chi connectivity index (χ2n) is 14.2. The van der Waals surface area contributed by atoms with Crippen LogP contribution in [0.2, 0.25) is 0 Å². The van der Waals surface area contributed by atoms with Gasteiger partial charge in [-0.3, -0.25) is 0 Å². The van der Waals surface area contributed by atoms with E-state index in [1.165, 1.54) is 0 Å². The van der Waals surface area contributed by atoms with Gasteiger partial charge in [0, 0.05) is 32.7 Å². The van der Waals surface area contributed by atoms with Crippen LogP contribution in [0.1, 0.15) is 9.60 Å². The van der Waals surface area contributed by atoms with Gasteiger partial charge in [0.1, 0.15) is 22.3 Å². The van der Waals surface area contributed by atoms with Crippen molar-refractivity contribution in [3.63, 3.8) is 0 Å². The lowest BCUT2D eigenvalue weighted by Crippen LogP contribution is -2.01. The molecule has 0 bridgehead atoms. The van der Waals surface area contributed by atoms with Crippen LogP contribution in [0.25, 0.3) is 122 Å². The number of hydrogen-bond donors (Lipinski definition) is 0. The van der Waals surface area contributed by atoms with Gasteiger partial charge in [-0.2, -0.15) is 0 Å². The van der Waals surface area contributed by atoms with Crippen LogP contribution in [0.15, 0.2) is 197 Å². The van der Waals surface area contributed by atoms with Crippen LogP contribution in [-0.2, 0) is 0 Å². The minimum absolute atomic E-state index is 0.0967. The maximum absolute atomic E-state index is 9.34. The summed E-state index contributed by atoms with van der Waals surface area (Å²) in [6.45, 7) is 0. The molecule has 5 nitrogen and oxygen atoms in total. The van der Waals surface area contributed by atoms with E-state index in [9.17, 15) is 2.74 Å². The summed E-state index contributed by atoms with van der Waals surface area (Å²) in [6.07, 6.45) is 0. The van der Waals surface area contributed by atoms with E-state index in [1.807, 2.05) is 109 Å². The zero-order valence-electron chi connectivity index (χ0n) is 37.5. The normalized spacial score (nSPS) is 13.5. The van der Waals surface area contributed by atoms with Crippen molar-refractivity contribution in [2.75, 3.05) is 0 Å². The zero-order chi connectivity index (χ0) is 44.2. The number of hydrogen-bond acceptors (Lipinski definition) is 5. The molecule has 0 unspecified atom stereocenters. The van der Waals surface area contributed by atoms with E-state index in [1.54, 1.807) is 12.1 Å². The van der Waals surface area contributed by atoms with Crippen molar-refractivity contribution in [2.24, 2.45) is 0 Å². The van der Waals surface area contributed by atoms with E-state index >= 15 is 0 Å².